The van der Waals surface area contributed by atoms with Crippen molar-refractivity contribution in [2.75, 3.05) is 33.3 Å². The number of nitrogens with zero attached hydrogens (tertiary/aromatic N) is 2. The summed E-state index contributed by atoms with van der Waals surface area (Å²) >= 11 is 0. The standard InChI is InChI=1S/C24H29N3O4/c1-30-20-8-6-18(7-9-20)10-13-26-14-11-19(12-15-26)16-25-23(28)17-27-21-4-2-3-5-22(21)31-24(27)29/h2-9,19H,10-17H2,1H3,(H,25,28). The minimum atomic E-state index is -0.499. The predicted octanol–water partition coefficient (Wildman–Crippen LogP) is 2.67. The number of oxazole rings is 1. The number of rotatable bonds is 8. The number of carbonyl (C=O) groups excluding carboxylic acids is 1. The maximum absolute atomic E-state index is 12.4. The molecule has 4 rings (SSSR count). The van der Waals surface area contributed by atoms with Crippen LogP contribution >= 0.6 is 0 Å². The normalized spacial score (nSPS) is 15.3. The lowest BCUT2D eigenvalue weighted by Crippen LogP contribution is -2.40. The molecule has 0 atom stereocenters. The number of fused-ring (bicyclic) bond motifs is 1. The number of hydrogen-bond donors (Lipinski definition) is 1. The van der Waals surface area contributed by atoms with Crippen LogP contribution in [-0.4, -0.2) is 48.7 Å². The van der Waals surface area contributed by atoms with Crippen LogP contribution in [0.1, 0.15) is 18.4 Å². The van der Waals surface area contributed by atoms with Crippen molar-refractivity contribution >= 4 is 17.0 Å². The molecule has 1 aliphatic heterocycles. The summed E-state index contributed by atoms with van der Waals surface area (Å²) in [4.78, 5) is 26.9. The Bertz CT molecular complexity index is 1060. The molecule has 0 saturated carbocycles. The van der Waals surface area contributed by atoms with E-state index in [0.29, 0.717) is 23.6 Å². The maximum Gasteiger partial charge on any atom is 0.420 e. The molecule has 2 aromatic carbocycles. The highest BCUT2D eigenvalue weighted by Gasteiger charge is 2.20. The monoisotopic (exact) mass is 423 g/mol. The molecule has 1 saturated heterocycles. The van der Waals surface area contributed by atoms with E-state index in [0.717, 1.165) is 44.6 Å². The first-order valence-corrected chi connectivity index (χ1v) is 10.8. The number of methoxy groups -OCH3 is 1. The van der Waals surface area contributed by atoms with Crippen LogP contribution < -0.4 is 15.8 Å². The van der Waals surface area contributed by atoms with Gasteiger partial charge in [0.25, 0.3) is 0 Å². The molecule has 1 amide bonds. The van der Waals surface area contributed by atoms with E-state index in [2.05, 4.69) is 22.3 Å². The molecular formula is C24H29N3O4. The van der Waals surface area contributed by atoms with Gasteiger partial charge in [0.05, 0.1) is 12.6 Å². The molecule has 1 aliphatic rings. The second-order valence-corrected chi connectivity index (χ2v) is 8.11. The topological polar surface area (TPSA) is 76.7 Å². The average molecular weight is 424 g/mol. The summed E-state index contributed by atoms with van der Waals surface area (Å²) in [6.45, 7) is 3.76. The number of benzene rings is 2. The second-order valence-electron chi connectivity index (χ2n) is 8.11. The van der Waals surface area contributed by atoms with Gasteiger partial charge in [-0.1, -0.05) is 24.3 Å². The number of amides is 1. The average Bonchev–Trinajstić information content (AvgIpc) is 3.12. The molecule has 0 bridgehead atoms. The highest BCUT2D eigenvalue weighted by atomic mass is 16.5. The molecule has 1 aromatic heterocycles. The fourth-order valence-electron chi connectivity index (χ4n) is 4.11. The Hall–Kier alpha value is -3.06. The van der Waals surface area contributed by atoms with Gasteiger partial charge < -0.3 is 19.4 Å². The quantitative estimate of drug-likeness (QED) is 0.603. The van der Waals surface area contributed by atoms with E-state index in [9.17, 15) is 9.59 Å². The van der Waals surface area contributed by atoms with Gasteiger partial charge in [0.15, 0.2) is 5.58 Å². The zero-order valence-electron chi connectivity index (χ0n) is 17.9. The number of nitrogens with one attached hydrogen (secondary N) is 1. The summed E-state index contributed by atoms with van der Waals surface area (Å²) in [5.41, 5.74) is 2.47. The summed E-state index contributed by atoms with van der Waals surface area (Å²) in [6.07, 6.45) is 3.16. The SMILES string of the molecule is COc1ccc(CCN2CCC(CNC(=O)Cn3c(=O)oc4ccccc43)CC2)cc1. The molecule has 0 spiro atoms. The third kappa shape index (κ3) is 5.35. The lowest BCUT2D eigenvalue weighted by molar-refractivity contribution is -0.121. The Labute approximate surface area is 181 Å². The zero-order chi connectivity index (χ0) is 21.6. The van der Waals surface area contributed by atoms with E-state index in [1.165, 1.54) is 10.1 Å². The Morgan fingerprint density at radius 2 is 1.87 bits per heavy atom. The van der Waals surface area contributed by atoms with Crippen LogP contribution in [0.15, 0.2) is 57.7 Å². The van der Waals surface area contributed by atoms with E-state index >= 15 is 0 Å². The molecule has 0 unspecified atom stereocenters. The Morgan fingerprint density at radius 3 is 2.61 bits per heavy atom. The molecule has 0 radical (unpaired) electrons. The van der Waals surface area contributed by atoms with Crippen molar-refractivity contribution in [2.24, 2.45) is 5.92 Å². The van der Waals surface area contributed by atoms with Gasteiger partial charge in [-0.3, -0.25) is 9.36 Å². The number of carbonyl (C=O) groups is 1. The summed E-state index contributed by atoms with van der Waals surface area (Å²) in [5.74, 6) is 0.702. The molecule has 31 heavy (non-hydrogen) atoms. The third-order valence-corrected chi connectivity index (χ3v) is 6.05. The number of likely N-dealkylation sites (tertiary alicyclic amines) is 1. The number of ether oxygens (including phenoxy) is 1. The van der Waals surface area contributed by atoms with Crippen LogP contribution in [0.5, 0.6) is 5.75 Å². The molecular weight excluding hydrogens is 394 g/mol. The molecule has 7 nitrogen and oxygen atoms in total. The largest absolute Gasteiger partial charge is 0.497 e. The Balaban J connectivity index is 1.19. The van der Waals surface area contributed by atoms with Gasteiger partial charge in [-0.05, 0) is 68.1 Å². The van der Waals surface area contributed by atoms with Crippen LogP contribution in [-0.2, 0) is 17.8 Å². The Morgan fingerprint density at radius 1 is 1.13 bits per heavy atom. The molecule has 2 heterocycles. The minimum absolute atomic E-state index is 0.0173. The predicted molar refractivity (Wildman–Crippen MR) is 119 cm³/mol. The van der Waals surface area contributed by atoms with E-state index in [4.69, 9.17) is 9.15 Å². The van der Waals surface area contributed by atoms with Gasteiger partial charge in [0.2, 0.25) is 5.91 Å². The first-order valence-electron chi connectivity index (χ1n) is 10.8. The molecule has 1 N–H and O–H groups in total. The van der Waals surface area contributed by atoms with Crippen LogP contribution in [0.4, 0.5) is 0 Å². The fourth-order valence-corrected chi connectivity index (χ4v) is 4.11. The Kier molecular flexibility index (Phi) is 6.72. The maximum atomic E-state index is 12.4. The van der Waals surface area contributed by atoms with Crippen molar-refractivity contribution < 1.29 is 13.9 Å². The summed E-state index contributed by atoms with van der Waals surface area (Å²) in [5, 5.41) is 3.00. The van der Waals surface area contributed by atoms with Gasteiger partial charge in [-0.2, -0.15) is 0 Å². The summed E-state index contributed by atoms with van der Waals surface area (Å²) < 4.78 is 11.8. The molecule has 164 valence electrons. The number of piperidine rings is 1. The van der Waals surface area contributed by atoms with Crippen molar-refractivity contribution in [3.05, 3.63) is 64.6 Å². The second kappa shape index (κ2) is 9.83. The zero-order valence-corrected chi connectivity index (χ0v) is 17.9. The number of hydrogen-bond acceptors (Lipinski definition) is 5. The van der Waals surface area contributed by atoms with Crippen LogP contribution in [0.2, 0.25) is 0 Å². The summed E-state index contributed by atoms with van der Waals surface area (Å²) in [6, 6.07) is 15.4. The highest BCUT2D eigenvalue weighted by molar-refractivity contribution is 5.79. The van der Waals surface area contributed by atoms with Gasteiger partial charge in [-0.15, -0.1) is 0 Å². The van der Waals surface area contributed by atoms with Crippen molar-refractivity contribution in [1.29, 1.82) is 0 Å². The first kappa shape index (κ1) is 21.2. The van der Waals surface area contributed by atoms with Crippen LogP contribution in [0.25, 0.3) is 11.1 Å². The van der Waals surface area contributed by atoms with Crippen molar-refractivity contribution in [3.8, 4) is 5.75 Å². The van der Waals surface area contributed by atoms with Crippen molar-refractivity contribution in [1.82, 2.24) is 14.8 Å². The van der Waals surface area contributed by atoms with Crippen molar-refractivity contribution in [3.63, 3.8) is 0 Å². The van der Waals surface area contributed by atoms with Gasteiger partial charge >= 0.3 is 5.76 Å². The number of aromatic nitrogens is 1. The van der Waals surface area contributed by atoms with Gasteiger partial charge in [0.1, 0.15) is 12.3 Å². The van der Waals surface area contributed by atoms with E-state index in [1.54, 1.807) is 25.3 Å². The lowest BCUT2D eigenvalue weighted by Gasteiger charge is -2.32. The first-order chi connectivity index (χ1) is 15.1. The van der Waals surface area contributed by atoms with E-state index in [-0.39, 0.29) is 12.5 Å². The molecule has 7 heteroatoms. The van der Waals surface area contributed by atoms with E-state index in [1.807, 2.05) is 18.2 Å². The molecule has 1 fully saturated rings. The number of para-hydroxylation sites is 2. The van der Waals surface area contributed by atoms with Gasteiger partial charge in [-0.25, -0.2) is 4.79 Å². The molecule has 3 aromatic rings. The van der Waals surface area contributed by atoms with Crippen LogP contribution in [0, 0.1) is 5.92 Å². The smallest absolute Gasteiger partial charge is 0.420 e. The fraction of sp³-hybridized carbons (Fsp3) is 0.417. The van der Waals surface area contributed by atoms with E-state index < -0.39 is 5.76 Å². The lowest BCUT2D eigenvalue weighted by atomic mass is 9.96. The van der Waals surface area contributed by atoms with Gasteiger partial charge in [0, 0.05) is 13.1 Å². The van der Waals surface area contributed by atoms with Crippen molar-refractivity contribution in [2.45, 2.75) is 25.8 Å². The highest BCUT2D eigenvalue weighted by Crippen LogP contribution is 2.18. The third-order valence-electron chi connectivity index (χ3n) is 6.05. The minimum Gasteiger partial charge on any atom is -0.497 e. The van der Waals surface area contributed by atoms with Crippen LogP contribution in [0.3, 0.4) is 0 Å². The summed E-state index contributed by atoms with van der Waals surface area (Å²) in [7, 11) is 1.68. The molecule has 0 aliphatic carbocycles.